The molecule has 0 fully saturated rings. The van der Waals surface area contributed by atoms with E-state index in [1.165, 1.54) is 19.2 Å². The smallest absolute Gasteiger partial charge is 0.482 e. The molecule has 14 heteroatoms. The van der Waals surface area contributed by atoms with Gasteiger partial charge in [-0.25, -0.2) is 14.4 Å². The van der Waals surface area contributed by atoms with Crippen molar-refractivity contribution in [2.75, 3.05) is 13.7 Å². The highest BCUT2D eigenvalue weighted by Gasteiger charge is 2.38. The monoisotopic (exact) mass is 513 g/mol. The van der Waals surface area contributed by atoms with Gasteiger partial charge in [-0.05, 0) is 29.8 Å². The number of methoxy groups -OCH3 is 1. The van der Waals surface area contributed by atoms with Crippen LogP contribution in [0.25, 0.3) is 0 Å². The van der Waals surface area contributed by atoms with Crippen molar-refractivity contribution in [3.05, 3.63) is 65.2 Å². The Hall–Kier alpha value is -4.62. The molecule has 0 spiro atoms. The largest absolute Gasteiger partial charge is 0.490 e. The molecule has 0 unspecified atom stereocenters. The van der Waals surface area contributed by atoms with Gasteiger partial charge in [0.2, 0.25) is 0 Å². The standard InChI is InChI=1S/C20H21N3O6.C2HF3O2/c1-28-20(27)16(10-12-2-8-15(9-3-12)29-11-17(24)25)23-19(26)14-6-4-13(5-7-14)18(21)22;3-2(4,5)1(6)7/h2-9,16H,10-11H2,1H3,(H3,21,22)(H,23,26)(H,24,25);(H,6,7)/t16-;/m1./s1. The SMILES string of the molecule is COC(=O)[C@@H](Cc1ccc(OCC(=O)O)cc1)NC(=O)c1ccc(C(=N)N)cc1.O=C(O)C(F)(F)F. The highest BCUT2D eigenvalue weighted by molar-refractivity contribution is 5.99. The van der Waals surface area contributed by atoms with Crippen LogP contribution in [0.1, 0.15) is 21.5 Å². The van der Waals surface area contributed by atoms with Gasteiger partial charge in [-0.3, -0.25) is 10.2 Å². The van der Waals surface area contributed by atoms with Crippen molar-refractivity contribution in [2.24, 2.45) is 5.73 Å². The average molecular weight is 513 g/mol. The van der Waals surface area contributed by atoms with Gasteiger partial charge in [0, 0.05) is 17.5 Å². The maximum absolute atomic E-state index is 12.5. The highest BCUT2D eigenvalue weighted by Crippen LogP contribution is 2.15. The number of benzene rings is 2. The first-order valence-corrected chi connectivity index (χ1v) is 9.81. The second kappa shape index (κ2) is 13.3. The van der Waals surface area contributed by atoms with E-state index in [2.05, 4.69) is 5.32 Å². The van der Waals surface area contributed by atoms with Crippen molar-refractivity contribution < 1.29 is 52.0 Å². The Kier molecular flexibility index (Phi) is 10.9. The Morgan fingerprint density at radius 1 is 1.00 bits per heavy atom. The number of carbonyl (C=O) groups excluding carboxylic acids is 2. The molecular formula is C22H22F3N3O8. The summed E-state index contributed by atoms with van der Waals surface area (Å²) in [5.74, 6) is -4.66. The van der Waals surface area contributed by atoms with Crippen molar-refractivity contribution in [2.45, 2.75) is 18.6 Å². The minimum atomic E-state index is -5.08. The van der Waals surface area contributed by atoms with Gasteiger partial charge in [0.15, 0.2) is 6.61 Å². The fourth-order valence-corrected chi connectivity index (χ4v) is 2.48. The molecule has 36 heavy (non-hydrogen) atoms. The molecule has 2 aromatic carbocycles. The summed E-state index contributed by atoms with van der Waals surface area (Å²) in [6.07, 6.45) is -4.91. The number of carboxylic acid groups (broad SMARTS) is 2. The van der Waals surface area contributed by atoms with E-state index in [-0.39, 0.29) is 12.3 Å². The zero-order chi connectivity index (χ0) is 27.5. The van der Waals surface area contributed by atoms with E-state index < -0.39 is 42.6 Å². The average Bonchev–Trinajstić information content (AvgIpc) is 2.82. The lowest BCUT2D eigenvalue weighted by molar-refractivity contribution is -0.192. The Morgan fingerprint density at radius 2 is 1.50 bits per heavy atom. The second-order valence-corrected chi connectivity index (χ2v) is 6.87. The van der Waals surface area contributed by atoms with Crippen molar-refractivity contribution in [1.29, 1.82) is 5.41 Å². The minimum Gasteiger partial charge on any atom is -0.482 e. The normalized spacial score (nSPS) is 11.2. The van der Waals surface area contributed by atoms with Gasteiger partial charge in [0.05, 0.1) is 7.11 Å². The number of rotatable bonds is 9. The summed E-state index contributed by atoms with van der Waals surface area (Å²) in [6.45, 7) is -0.456. The number of amides is 1. The van der Waals surface area contributed by atoms with Crippen LogP contribution in [0, 0.1) is 5.41 Å². The van der Waals surface area contributed by atoms with Gasteiger partial charge in [0.1, 0.15) is 17.6 Å². The first-order valence-electron chi connectivity index (χ1n) is 9.81. The minimum absolute atomic E-state index is 0.111. The first-order chi connectivity index (χ1) is 16.7. The number of amidine groups is 1. The summed E-state index contributed by atoms with van der Waals surface area (Å²) in [7, 11) is 1.23. The van der Waals surface area contributed by atoms with E-state index in [1.807, 2.05) is 0 Å². The lowest BCUT2D eigenvalue weighted by atomic mass is 10.0. The van der Waals surface area contributed by atoms with Crippen LogP contribution < -0.4 is 15.8 Å². The third-order valence-corrected chi connectivity index (χ3v) is 4.22. The molecule has 0 aliphatic carbocycles. The third-order valence-electron chi connectivity index (χ3n) is 4.22. The fourth-order valence-electron chi connectivity index (χ4n) is 2.48. The summed E-state index contributed by atoms with van der Waals surface area (Å²) >= 11 is 0. The molecule has 0 radical (unpaired) electrons. The quantitative estimate of drug-likeness (QED) is 0.188. The lowest BCUT2D eigenvalue weighted by Gasteiger charge is -2.17. The maximum atomic E-state index is 12.5. The predicted octanol–water partition coefficient (Wildman–Crippen LogP) is 1.58. The number of esters is 1. The van der Waals surface area contributed by atoms with Crippen molar-refractivity contribution in [3.8, 4) is 5.75 Å². The van der Waals surface area contributed by atoms with E-state index in [9.17, 15) is 27.6 Å². The molecule has 11 nitrogen and oxygen atoms in total. The molecule has 2 aromatic rings. The summed E-state index contributed by atoms with van der Waals surface area (Å²) in [4.78, 5) is 44.0. The maximum Gasteiger partial charge on any atom is 0.490 e. The first kappa shape index (κ1) is 29.4. The van der Waals surface area contributed by atoms with Crippen LogP contribution in [0.2, 0.25) is 0 Å². The van der Waals surface area contributed by atoms with Gasteiger partial charge in [-0.15, -0.1) is 0 Å². The summed E-state index contributed by atoms with van der Waals surface area (Å²) in [5.41, 5.74) is 6.90. The topological polar surface area (TPSA) is 189 Å². The Balaban J connectivity index is 0.000000809. The van der Waals surface area contributed by atoms with Gasteiger partial charge >= 0.3 is 24.1 Å². The van der Waals surface area contributed by atoms with E-state index in [4.69, 9.17) is 35.6 Å². The number of nitrogen functional groups attached to an aromatic ring is 1. The van der Waals surface area contributed by atoms with Crippen LogP contribution in [0.5, 0.6) is 5.75 Å². The lowest BCUT2D eigenvalue weighted by Crippen LogP contribution is -2.43. The van der Waals surface area contributed by atoms with Crippen LogP contribution in [-0.4, -0.2) is 65.8 Å². The molecule has 0 heterocycles. The number of nitrogens with one attached hydrogen (secondary N) is 2. The van der Waals surface area contributed by atoms with Gasteiger partial charge in [-0.1, -0.05) is 24.3 Å². The number of nitrogens with two attached hydrogens (primary N) is 1. The van der Waals surface area contributed by atoms with Crippen molar-refractivity contribution in [3.63, 3.8) is 0 Å². The zero-order valence-electron chi connectivity index (χ0n) is 18.7. The van der Waals surface area contributed by atoms with Crippen LogP contribution in [0.15, 0.2) is 48.5 Å². The molecule has 1 amide bonds. The van der Waals surface area contributed by atoms with Crippen LogP contribution >= 0.6 is 0 Å². The number of carbonyl (C=O) groups is 4. The highest BCUT2D eigenvalue weighted by atomic mass is 19.4. The van der Waals surface area contributed by atoms with E-state index in [0.29, 0.717) is 16.9 Å². The van der Waals surface area contributed by atoms with Crippen LogP contribution in [-0.2, 0) is 25.5 Å². The number of ether oxygens (including phenoxy) is 2. The van der Waals surface area contributed by atoms with E-state index in [0.717, 1.165) is 5.56 Å². The van der Waals surface area contributed by atoms with Crippen LogP contribution in [0.3, 0.4) is 0 Å². The molecule has 0 saturated carbocycles. The fraction of sp³-hybridized carbons (Fsp3) is 0.227. The molecule has 1 atom stereocenters. The number of alkyl halides is 3. The van der Waals surface area contributed by atoms with Crippen molar-refractivity contribution >= 4 is 29.7 Å². The van der Waals surface area contributed by atoms with Crippen LogP contribution in [0.4, 0.5) is 13.2 Å². The number of hydrogen-bond donors (Lipinski definition) is 5. The molecule has 6 N–H and O–H groups in total. The summed E-state index contributed by atoms with van der Waals surface area (Å²) in [5, 5.41) is 25.7. The molecule has 0 bridgehead atoms. The second-order valence-electron chi connectivity index (χ2n) is 6.87. The Bertz CT molecular complexity index is 1090. The number of aliphatic carboxylic acids is 2. The Morgan fingerprint density at radius 3 is 1.92 bits per heavy atom. The molecule has 0 saturated heterocycles. The number of halogens is 3. The molecule has 194 valence electrons. The number of hydrogen-bond acceptors (Lipinski definition) is 7. The number of carboxylic acids is 2. The van der Waals surface area contributed by atoms with Gasteiger partial charge in [-0.2, -0.15) is 13.2 Å². The van der Waals surface area contributed by atoms with Gasteiger partial charge < -0.3 is 30.7 Å². The molecule has 0 aromatic heterocycles. The summed E-state index contributed by atoms with van der Waals surface area (Å²) < 4.78 is 41.6. The van der Waals surface area contributed by atoms with Gasteiger partial charge in [0.25, 0.3) is 5.91 Å². The molecule has 0 aliphatic rings. The van der Waals surface area contributed by atoms with E-state index in [1.54, 1.807) is 36.4 Å². The van der Waals surface area contributed by atoms with Crippen molar-refractivity contribution in [1.82, 2.24) is 5.32 Å². The zero-order valence-corrected chi connectivity index (χ0v) is 18.7. The molecule has 2 rings (SSSR count). The summed E-state index contributed by atoms with van der Waals surface area (Å²) in [6, 6.07) is 11.7. The molecular weight excluding hydrogens is 491 g/mol. The Labute approximate surface area is 202 Å². The molecule has 0 aliphatic heterocycles. The third kappa shape index (κ3) is 10.1. The predicted molar refractivity (Wildman–Crippen MR) is 118 cm³/mol. The van der Waals surface area contributed by atoms with E-state index >= 15 is 0 Å².